The van der Waals surface area contributed by atoms with E-state index >= 15 is 0 Å². The Labute approximate surface area is 96.0 Å². The summed E-state index contributed by atoms with van der Waals surface area (Å²) in [6.45, 7) is 2.29. The molecule has 0 heterocycles. The third-order valence-corrected chi connectivity index (χ3v) is 3.21. The van der Waals surface area contributed by atoms with E-state index in [1.54, 1.807) is 0 Å². The van der Waals surface area contributed by atoms with Gasteiger partial charge in [-0.3, -0.25) is 4.79 Å². The highest BCUT2D eigenvalue weighted by Crippen LogP contribution is 2.25. The molecular weight excluding hydrogens is 200 g/mol. The van der Waals surface area contributed by atoms with Crippen LogP contribution in [0.4, 0.5) is 0 Å². The number of primary amides is 1. The van der Waals surface area contributed by atoms with Gasteiger partial charge in [0.05, 0.1) is 6.54 Å². The molecule has 1 aromatic rings. The Balaban J connectivity index is 2.06. The summed E-state index contributed by atoms with van der Waals surface area (Å²) in [6.07, 6.45) is 3.66. The number of carbonyl (C=O) groups is 1. The maximum atomic E-state index is 10.7. The first kappa shape index (κ1) is 11.1. The highest BCUT2D eigenvalue weighted by molar-refractivity contribution is 5.75. The molecule has 0 saturated carbocycles. The number of amides is 1. The van der Waals surface area contributed by atoms with E-state index in [9.17, 15) is 4.79 Å². The van der Waals surface area contributed by atoms with Crippen molar-refractivity contribution in [2.24, 2.45) is 5.73 Å². The van der Waals surface area contributed by atoms with Crippen molar-refractivity contribution in [3.05, 3.63) is 34.9 Å². The van der Waals surface area contributed by atoms with Gasteiger partial charge in [-0.25, -0.2) is 0 Å². The number of hydrogen-bond acceptors (Lipinski definition) is 2. The van der Waals surface area contributed by atoms with Crippen molar-refractivity contribution in [1.82, 2.24) is 5.32 Å². The molecule has 0 spiro atoms. The van der Waals surface area contributed by atoms with Gasteiger partial charge in [0.15, 0.2) is 0 Å². The smallest absolute Gasteiger partial charge is 0.231 e. The van der Waals surface area contributed by atoms with Gasteiger partial charge < -0.3 is 11.1 Å². The van der Waals surface area contributed by atoms with Gasteiger partial charge in [0, 0.05) is 6.04 Å². The molecule has 0 aromatic heterocycles. The second-order valence-corrected chi connectivity index (χ2v) is 4.45. The molecule has 3 heteroatoms. The van der Waals surface area contributed by atoms with Crippen LogP contribution < -0.4 is 11.1 Å². The Morgan fingerprint density at radius 1 is 1.44 bits per heavy atom. The fourth-order valence-corrected chi connectivity index (χ4v) is 2.23. The van der Waals surface area contributed by atoms with Crippen LogP contribution in [-0.2, 0) is 17.6 Å². The Bertz CT molecular complexity index is 401. The zero-order valence-electron chi connectivity index (χ0n) is 9.62. The van der Waals surface area contributed by atoms with Gasteiger partial charge in [-0.2, -0.15) is 0 Å². The molecule has 1 unspecified atom stereocenters. The molecule has 1 aliphatic carbocycles. The molecule has 1 aliphatic rings. The fourth-order valence-electron chi connectivity index (χ4n) is 2.23. The molecule has 0 fully saturated rings. The van der Waals surface area contributed by atoms with Crippen LogP contribution in [0.1, 0.15) is 36.1 Å². The predicted octanol–water partition coefficient (Wildman–Crippen LogP) is 1.31. The summed E-state index contributed by atoms with van der Waals surface area (Å²) < 4.78 is 0. The van der Waals surface area contributed by atoms with Crippen molar-refractivity contribution in [3.8, 4) is 0 Å². The zero-order chi connectivity index (χ0) is 11.5. The number of benzene rings is 1. The number of fused-ring (bicyclic) bond motifs is 1. The number of rotatable bonds is 4. The highest BCUT2D eigenvalue weighted by Gasteiger charge is 2.13. The van der Waals surface area contributed by atoms with Crippen molar-refractivity contribution in [2.75, 3.05) is 6.54 Å². The summed E-state index contributed by atoms with van der Waals surface area (Å²) >= 11 is 0. The quantitative estimate of drug-likeness (QED) is 0.800. The standard InChI is InChI=1S/C13H18N2O/c1-9(15-8-13(14)16)11-6-5-10-3-2-4-12(10)7-11/h5-7,9,15H,2-4,8H2,1H3,(H2,14,16). The van der Waals surface area contributed by atoms with Gasteiger partial charge in [-0.1, -0.05) is 18.2 Å². The molecule has 3 N–H and O–H groups in total. The maximum absolute atomic E-state index is 10.7. The van der Waals surface area contributed by atoms with Crippen LogP contribution in [0.15, 0.2) is 18.2 Å². The van der Waals surface area contributed by atoms with Gasteiger partial charge >= 0.3 is 0 Å². The van der Waals surface area contributed by atoms with E-state index < -0.39 is 0 Å². The number of carbonyl (C=O) groups excluding carboxylic acids is 1. The lowest BCUT2D eigenvalue weighted by Crippen LogP contribution is -2.30. The minimum Gasteiger partial charge on any atom is -0.369 e. The second kappa shape index (κ2) is 4.66. The molecule has 0 radical (unpaired) electrons. The zero-order valence-corrected chi connectivity index (χ0v) is 9.62. The van der Waals surface area contributed by atoms with E-state index in [1.807, 2.05) is 0 Å². The topological polar surface area (TPSA) is 55.1 Å². The minimum absolute atomic E-state index is 0.179. The van der Waals surface area contributed by atoms with Crippen molar-refractivity contribution >= 4 is 5.91 Å². The summed E-state index contributed by atoms with van der Waals surface area (Å²) in [6, 6.07) is 6.78. The molecule has 3 nitrogen and oxygen atoms in total. The largest absolute Gasteiger partial charge is 0.369 e. The van der Waals surface area contributed by atoms with E-state index in [-0.39, 0.29) is 18.5 Å². The minimum atomic E-state index is -0.312. The first-order valence-electron chi connectivity index (χ1n) is 5.80. The highest BCUT2D eigenvalue weighted by atomic mass is 16.1. The summed E-state index contributed by atoms with van der Waals surface area (Å²) in [5.41, 5.74) is 9.29. The maximum Gasteiger partial charge on any atom is 0.231 e. The Hall–Kier alpha value is -1.35. The molecule has 1 amide bonds. The van der Waals surface area contributed by atoms with Crippen molar-refractivity contribution in [3.63, 3.8) is 0 Å². The molecule has 1 aromatic carbocycles. The van der Waals surface area contributed by atoms with E-state index in [1.165, 1.54) is 36.0 Å². The van der Waals surface area contributed by atoms with E-state index in [4.69, 9.17) is 5.73 Å². The molecule has 16 heavy (non-hydrogen) atoms. The lowest BCUT2D eigenvalue weighted by molar-refractivity contribution is -0.117. The summed E-state index contributed by atoms with van der Waals surface area (Å²) in [4.78, 5) is 10.7. The fraction of sp³-hybridized carbons (Fsp3) is 0.462. The number of nitrogens with one attached hydrogen (secondary N) is 1. The number of hydrogen-bond donors (Lipinski definition) is 2. The Morgan fingerprint density at radius 3 is 2.94 bits per heavy atom. The van der Waals surface area contributed by atoms with Gasteiger partial charge in [0.2, 0.25) is 5.91 Å². The molecule has 86 valence electrons. The summed E-state index contributed by atoms with van der Waals surface area (Å²) in [7, 11) is 0. The predicted molar refractivity (Wildman–Crippen MR) is 64.1 cm³/mol. The molecule has 0 bridgehead atoms. The van der Waals surface area contributed by atoms with Gasteiger partial charge in [0.25, 0.3) is 0 Å². The van der Waals surface area contributed by atoms with Crippen LogP contribution in [-0.4, -0.2) is 12.5 Å². The van der Waals surface area contributed by atoms with Crippen LogP contribution in [0.2, 0.25) is 0 Å². The normalized spacial score (nSPS) is 15.8. The summed E-state index contributed by atoms with van der Waals surface area (Å²) in [5, 5.41) is 3.11. The van der Waals surface area contributed by atoms with Crippen LogP contribution in [0, 0.1) is 0 Å². The number of nitrogens with two attached hydrogens (primary N) is 1. The van der Waals surface area contributed by atoms with E-state index in [0.717, 1.165) is 0 Å². The lowest BCUT2D eigenvalue weighted by atomic mass is 10.0. The van der Waals surface area contributed by atoms with Crippen molar-refractivity contribution in [2.45, 2.75) is 32.2 Å². The van der Waals surface area contributed by atoms with Crippen LogP contribution in [0.3, 0.4) is 0 Å². The Morgan fingerprint density at radius 2 is 2.19 bits per heavy atom. The molecule has 2 rings (SSSR count). The van der Waals surface area contributed by atoms with Gasteiger partial charge in [-0.15, -0.1) is 0 Å². The second-order valence-electron chi connectivity index (χ2n) is 4.45. The monoisotopic (exact) mass is 218 g/mol. The van der Waals surface area contributed by atoms with Crippen LogP contribution in [0.25, 0.3) is 0 Å². The lowest BCUT2D eigenvalue weighted by Gasteiger charge is -2.14. The SMILES string of the molecule is CC(NCC(N)=O)c1ccc2c(c1)CCC2. The van der Waals surface area contributed by atoms with Crippen molar-refractivity contribution in [1.29, 1.82) is 0 Å². The van der Waals surface area contributed by atoms with Crippen molar-refractivity contribution < 1.29 is 4.79 Å². The molecule has 0 saturated heterocycles. The first-order chi connectivity index (χ1) is 7.66. The van der Waals surface area contributed by atoms with Gasteiger partial charge in [0.1, 0.15) is 0 Å². The summed E-state index contributed by atoms with van der Waals surface area (Å²) in [5.74, 6) is -0.312. The van der Waals surface area contributed by atoms with Crippen LogP contribution >= 0.6 is 0 Å². The average Bonchev–Trinajstić information content (AvgIpc) is 2.72. The third kappa shape index (κ3) is 2.42. The number of aryl methyl sites for hydroxylation is 2. The Kier molecular flexibility index (Phi) is 3.25. The first-order valence-corrected chi connectivity index (χ1v) is 5.80. The van der Waals surface area contributed by atoms with Crippen LogP contribution in [0.5, 0.6) is 0 Å². The molecular formula is C13H18N2O. The van der Waals surface area contributed by atoms with Gasteiger partial charge in [-0.05, 0) is 42.9 Å². The molecule has 0 aliphatic heterocycles. The average molecular weight is 218 g/mol. The van der Waals surface area contributed by atoms with E-state index in [0.29, 0.717) is 0 Å². The molecule has 1 atom stereocenters. The van der Waals surface area contributed by atoms with E-state index in [2.05, 4.69) is 30.4 Å². The third-order valence-electron chi connectivity index (χ3n) is 3.21.